The van der Waals surface area contributed by atoms with Crippen molar-refractivity contribution in [3.05, 3.63) is 34.4 Å². The highest BCUT2D eigenvalue weighted by Gasteiger charge is 2.22. The van der Waals surface area contributed by atoms with Crippen molar-refractivity contribution in [2.45, 2.75) is 38.6 Å². The molecular formula is C16H19Cl2N5. The summed E-state index contributed by atoms with van der Waals surface area (Å²) < 4.78 is 0. The van der Waals surface area contributed by atoms with E-state index < -0.39 is 0 Å². The number of hydrogen-bond acceptors (Lipinski definition) is 5. The van der Waals surface area contributed by atoms with Crippen molar-refractivity contribution in [3.63, 3.8) is 0 Å². The summed E-state index contributed by atoms with van der Waals surface area (Å²) in [5.74, 6) is 1.28. The third-order valence-corrected chi connectivity index (χ3v) is 4.96. The van der Waals surface area contributed by atoms with Crippen LogP contribution in [0.3, 0.4) is 0 Å². The third kappa shape index (κ3) is 3.67. The number of benzene rings is 1. The van der Waals surface area contributed by atoms with Crippen LogP contribution in [0.25, 0.3) is 0 Å². The highest BCUT2D eigenvalue weighted by atomic mass is 35.5. The van der Waals surface area contributed by atoms with Gasteiger partial charge in [-0.25, -0.2) is 0 Å². The van der Waals surface area contributed by atoms with Gasteiger partial charge >= 0.3 is 0 Å². The summed E-state index contributed by atoms with van der Waals surface area (Å²) in [4.78, 5) is 6.92. The number of aromatic nitrogens is 3. The molecule has 1 fully saturated rings. The van der Waals surface area contributed by atoms with Crippen LogP contribution in [-0.4, -0.2) is 27.8 Å². The van der Waals surface area contributed by atoms with Crippen molar-refractivity contribution >= 4 is 40.7 Å². The van der Waals surface area contributed by atoms with E-state index in [1.54, 1.807) is 12.3 Å². The summed E-state index contributed by atoms with van der Waals surface area (Å²) in [5.41, 5.74) is 0.670. The molecule has 1 unspecified atom stereocenters. The van der Waals surface area contributed by atoms with E-state index in [9.17, 15) is 0 Å². The standard InChI is InChI=1S/C16H19Cl2N5/c1-2-11-6-3-4-9-23(11)14-10-19-22-16(21-14)20-13-8-5-7-12(17)15(13)18/h5,7-8,10-11H,2-4,6,9H2,1H3,(H,20,21,22). The quantitative estimate of drug-likeness (QED) is 0.865. The summed E-state index contributed by atoms with van der Waals surface area (Å²) in [5, 5.41) is 12.2. The zero-order valence-electron chi connectivity index (χ0n) is 13.0. The molecule has 23 heavy (non-hydrogen) atoms. The van der Waals surface area contributed by atoms with Crippen LogP contribution in [0.15, 0.2) is 24.4 Å². The molecule has 0 amide bonds. The van der Waals surface area contributed by atoms with Crippen LogP contribution in [0, 0.1) is 0 Å². The van der Waals surface area contributed by atoms with Crippen LogP contribution in [0.2, 0.25) is 10.0 Å². The first-order valence-corrected chi connectivity index (χ1v) is 8.62. The minimum atomic E-state index is 0.423. The molecule has 1 N–H and O–H groups in total. The number of piperidine rings is 1. The predicted molar refractivity (Wildman–Crippen MR) is 94.8 cm³/mol. The first kappa shape index (κ1) is 16.3. The second-order valence-corrected chi connectivity index (χ2v) is 6.40. The molecule has 0 aliphatic carbocycles. The van der Waals surface area contributed by atoms with Gasteiger partial charge in [0.1, 0.15) is 0 Å². The fourth-order valence-corrected chi connectivity index (χ4v) is 3.28. The molecule has 2 heterocycles. The molecule has 1 aliphatic rings. The lowest BCUT2D eigenvalue weighted by Crippen LogP contribution is -2.39. The van der Waals surface area contributed by atoms with Gasteiger partial charge in [-0.2, -0.15) is 10.1 Å². The monoisotopic (exact) mass is 351 g/mol. The Hall–Kier alpha value is -1.59. The Bertz CT molecular complexity index is 679. The Balaban J connectivity index is 1.83. The van der Waals surface area contributed by atoms with E-state index in [2.05, 4.69) is 32.3 Å². The van der Waals surface area contributed by atoms with Crippen LogP contribution >= 0.6 is 23.2 Å². The van der Waals surface area contributed by atoms with E-state index in [-0.39, 0.29) is 0 Å². The molecular weight excluding hydrogens is 333 g/mol. The van der Waals surface area contributed by atoms with Crippen molar-refractivity contribution in [1.29, 1.82) is 0 Å². The van der Waals surface area contributed by atoms with E-state index in [1.165, 1.54) is 19.3 Å². The molecule has 2 aromatic rings. The molecule has 7 heteroatoms. The fraction of sp³-hybridized carbons (Fsp3) is 0.438. The van der Waals surface area contributed by atoms with Crippen molar-refractivity contribution < 1.29 is 0 Å². The van der Waals surface area contributed by atoms with Gasteiger partial charge in [-0.3, -0.25) is 0 Å². The van der Waals surface area contributed by atoms with Gasteiger partial charge in [0.15, 0.2) is 5.82 Å². The summed E-state index contributed by atoms with van der Waals surface area (Å²) in [6, 6.07) is 5.92. The lowest BCUT2D eigenvalue weighted by molar-refractivity contribution is 0.446. The zero-order valence-corrected chi connectivity index (χ0v) is 14.5. The molecule has 0 saturated carbocycles. The smallest absolute Gasteiger partial charge is 0.249 e. The minimum absolute atomic E-state index is 0.423. The first-order chi connectivity index (χ1) is 11.2. The van der Waals surface area contributed by atoms with E-state index >= 15 is 0 Å². The molecule has 122 valence electrons. The molecule has 1 atom stereocenters. The Kier molecular flexibility index (Phi) is 5.18. The number of anilines is 3. The lowest BCUT2D eigenvalue weighted by atomic mass is 10.0. The Labute approximate surface area is 146 Å². The van der Waals surface area contributed by atoms with E-state index in [1.807, 2.05) is 12.1 Å². The Morgan fingerprint density at radius 3 is 3.00 bits per heavy atom. The van der Waals surface area contributed by atoms with Gasteiger partial charge in [0.2, 0.25) is 5.95 Å². The highest BCUT2D eigenvalue weighted by Crippen LogP contribution is 2.31. The predicted octanol–water partition coefficient (Wildman–Crippen LogP) is 4.69. The number of hydrogen-bond donors (Lipinski definition) is 1. The number of halogens is 2. The van der Waals surface area contributed by atoms with E-state index in [0.29, 0.717) is 27.7 Å². The number of nitrogens with one attached hydrogen (secondary N) is 1. The molecule has 1 aliphatic heterocycles. The topological polar surface area (TPSA) is 53.9 Å². The van der Waals surface area contributed by atoms with Crippen LogP contribution in [-0.2, 0) is 0 Å². The molecule has 5 nitrogen and oxygen atoms in total. The SMILES string of the molecule is CCC1CCCCN1c1cnnc(Nc2cccc(Cl)c2Cl)n1. The average molecular weight is 352 g/mol. The molecule has 3 rings (SSSR count). The second kappa shape index (κ2) is 7.32. The highest BCUT2D eigenvalue weighted by molar-refractivity contribution is 6.43. The number of rotatable bonds is 4. The van der Waals surface area contributed by atoms with Gasteiger partial charge in [0.25, 0.3) is 0 Å². The van der Waals surface area contributed by atoms with Gasteiger partial charge < -0.3 is 10.2 Å². The minimum Gasteiger partial charge on any atom is -0.352 e. The number of nitrogens with zero attached hydrogens (tertiary/aromatic N) is 4. The molecule has 1 aromatic heterocycles. The zero-order chi connectivity index (χ0) is 16.2. The largest absolute Gasteiger partial charge is 0.352 e. The van der Waals surface area contributed by atoms with Crippen molar-refractivity contribution in [2.24, 2.45) is 0 Å². The van der Waals surface area contributed by atoms with Crippen molar-refractivity contribution in [1.82, 2.24) is 15.2 Å². The lowest BCUT2D eigenvalue weighted by Gasteiger charge is -2.35. The van der Waals surface area contributed by atoms with Gasteiger partial charge in [-0.1, -0.05) is 36.2 Å². The van der Waals surface area contributed by atoms with Crippen molar-refractivity contribution in [3.8, 4) is 0 Å². The molecule has 1 saturated heterocycles. The van der Waals surface area contributed by atoms with Crippen LogP contribution in [0.5, 0.6) is 0 Å². The van der Waals surface area contributed by atoms with E-state index in [0.717, 1.165) is 18.8 Å². The summed E-state index contributed by atoms with van der Waals surface area (Å²) in [6.45, 7) is 3.22. The van der Waals surface area contributed by atoms with Crippen LogP contribution < -0.4 is 10.2 Å². The first-order valence-electron chi connectivity index (χ1n) is 7.86. The van der Waals surface area contributed by atoms with Crippen LogP contribution in [0.4, 0.5) is 17.5 Å². The van der Waals surface area contributed by atoms with Gasteiger partial charge in [0.05, 0.1) is 21.9 Å². The fourth-order valence-electron chi connectivity index (χ4n) is 2.93. The van der Waals surface area contributed by atoms with Crippen LogP contribution in [0.1, 0.15) is 32.6 Å². The third-order valence-electron chi connectivity index (χ3n) is 4.14. The maximum Gasteiger partial charge on any atom is 0.249 e. The Morgan fingerprint density at radius 2 is 2.17 bits per heavy atom. The normalized spacial score (nSPS) is 18.0. The summed E-state index contributed by atoms with van der Waals surface area (Å²) in [6.07, 6.45) is 6.48. The summed E-state index contributed by atoms with van der Waals surface area (Å²) >= 11 is 12.2. The van der Waals surface area contributed by atoms with Crippen molar-refractivity contribution in [2.75, 3.05) is 16.8 Å². The molecule has 0 spiro atoms. The van der Waals surface area contributed by atoms with E-state index in [4.69, 9.17) is 23.2 Å². The maximum absolute atomic E-state index is 6.20. The molecule has 0 bridgehead atoms. The second-order valence-electron chi connectivity index (χ2n) is 5.62. The molecule has 1 aromatic carbocycles. The average Bonchev–Trinajstić information content (AvgIpc) is 2.59. The van der Waals surface area contributed by atoms with Gasteiger partial charge in [0, 0.05) is 12.6 Å². The Morgan fingerprint density at radius 1 is 1.30 bits per heavy atom. The van der Waals surface area contributed by atoms with Gasteiger partial charge in [-0.15, -0.1) is 5.10 Å². The summed E-state index contributed by atoms with van der Waals surface area (Å²) in [7, 11) is 0. The maximum atomic E-state index is 6.20. The van der Waals surface area contributed by atoms with Gasteiger partial charge in [-0.05, 0) is 37.8 Å². The molecule has 0 radical (unpaired) electrons.